The van der Waals surface area contributed by atoms with Gasteiger partial charge in [0.25, 0.3) is 0 Å². The maximum Gasteiger partial charge on any atom is 0.331 e. The number of nitrogens with zero attached hydrogens (tertiary/aromatic N) is 4. The van der Waals surface area contributed by atoms with Crippen molar-refractivity contribution in [1.29, 1.82) is 0 Å². The fraction of sp³-hybridized carbons (Fsp3) is 0.607. The summed E-state index contributed by atoms with van der Waals surface area (Å²) in [5.74, 6) is 0.927. The number of esters is 1. The van der Waals surface area contributed by atoms with Gasteiger partial charge in [-0.3, -0.25) is 4.68 Å². The first-order valence-corrected chi connectivity index (χ1v) is 16.5. The highest BCUT2D eigenvalue weighted by atomic mass is 28.4. The lowest BCUT2D eigenvalue weighted by Crippen LogP contribution is -2.43. The third-order valence-corrected chi connectivity index (χ3v) is 12.4. The number of benzene rings is 1. The normalized spacial score (nSPS) is 19.7. The molecule has 2 atom stereocenters. The Bertz CT molecular complexity index is 1260. The minimum absolute atomic E-state index is 0.0917. The van der Waals surface area contributed by atoms with E-state index >= 15 is 0 Å². The first-order valence-electron chi connectivity index (χ1n) is 13.6. The molecule has 0 spiro atoms. The molecule has 2 fully saturated rings. The van der Waals surface area contributed by atoms with Crippen LogP contribution in [0, 0.1) is 5.92 Å². The minimum Gasteiger partial charge on any atom is -0.543 e. The molecule has 1 saturated heterocycles. The first-order chi connectivity index (χ1) is 17.6. The topological polar surface area (TPSA) is 80.4 Å². The lowest BCUT2D eigenvalue weighted by molar-refractivity contribution is -0.148. The number of aromatic nitrogens is 4. The van der Waals surface area contributed by atoms with E-state index in [0.29, 0.717) is 6.61 Å². The summed E-state index contributed by atoms with van der Waals surface area (Å²) in [7, 11) is -2.01. The second-order valence-electron chi connectivity index (χ2n) is 11.9. The highest BCUT2D eigenvalue weighted by Crippen LogP contribution is 2.42. The van der Waals surface area contributed by atoms with E-state index < -0.39 is 8.32 Å². The molecule has 5 rings (SSSR count). The second-order valence-corrected chi connectivity index (χ2v) is 16.6. The smallest absolute Gasteiger partial charge is 0.331 e. The number of hydrogen-bond acceptors (Lipinski definition) is 6. The Morgan fingerprint density at radius 2 is 2.00 bits per heavy atom. The van der Waals surface area contributed by atoms with E-state index in [9.17, 15) is 4.79 Å². The zero-order valence-corrected chi connectivity index (χ0v) is 24.0. The fourth-order valence-corrected chi connectivity index (χ4v) is 5.77. The Morgan fingerprint density at radius 1 is 1.22 bits per heavy atom. The predicted molar refractivity (Wildman–Crippen MR) is 146 cm³/mol. The van der Waals surface area contributed by atoms with Gasteiger partial charge in [0.1, 0.15) is 11.4 Å². The molecule has 1 saturated carbocycles. The predicted octanol–water partition coefficient (Wildman–Crippen LogP) is 6.50. The molecule has 2 aliphatic rings. The zero-order chi connectivity index (χ0) is 26.4. The summed E-state index contributed by atoms with van der Waals surface area (Å²) in [5.41, 5.74) is 2.72. The van der Waals surface area contributed by atoms with Crippen LogP contribution in [0.15, 0.2) is 30.6 Å². The van der Waals surface area contributed by atoms with Gasteiger partial charge in [-0.25, -0.2) is 9.48 Å². The van der Waals surface area contributed by atoms with Gasteiger partial charge in [0.2, 0.25) is 8.32 Å². The lowest BCUT2D eigenvalue weighted by Gasteiger charge is -2.36. The van der Waals surface area contributed by atoms with E-state index in [1.807, 2.05) is 24.0 Å². The highest BCUT2D eigenvalue weighted by molar-refractivity contribution is 6.74. The zero-order valence-electron chi connectivity index (χ0n) is 23.0. The van der Waals surface area contributed by atoms with E-state index in [1.165, 1.54) is 0 Å². The van der Waals surface area contributed by atoms with Crippen LogP contribution < -0.4 is 4.43 Å². The number of ether oxygens (including phenoxy) is 2. The van der Waals surface area contributed by atoms with Crippen LogP contribution in [0.25, 0.3) is 22.2 Å². The summed E-state index contributed by atoms with van der Waals surface area (Å²) in [6.07, 6.45) is 8.83. The summed E-state index contributed by atoms with van der Waals surface area (Å²) in [6.45, 7) is 14.2. The fourth-order valence-electron chi connectivity index (χ4n) is 4.75. The molecule has 9 heteroatoms. The van der Waals surface area contributed by atoms with Gasteiger partial charge in [-0.15, -0.1) is 0 Å². The van der Waals surface area contributed by atoms with Crippen molar-refractivity contribution in [3.05, 3.63) is 30.6 Å². The largest absolute Gasteiger partial charge is 0.543 e. The third kappa shape index (κ3) is 5.20. The molecule has 0 bridgehead atoms. The number of fused-ring (bicyclic) bond motifs is 1. The van der Waals surface area contributed by atoms with E-state index in [0.717, 1.165) is 66.6 Å². The van der Waals surface area contributed by atoms with Crippen LogP contribution in [0.2, 0.25) is 18.1 Å². The van der Waals surface area contributed by atoms with Gasteiger partial charge in [0, 0.05) is 23.8 Å². The van der Waals surface area contributed by atoms with Crippen LogP contribution >= 0.6 is 0 Å². The van der Waals surface area contributed by atoms with Gasteiger partial charge in [-0.05, 0) is 81.3 Å². The average Bonchev–Trinajstić information content (AvgIpc) is 3.43. The Hall–Kier alpha value is -2.65. The molecule has 1 aromatic carbocycles. The molecule has 8 nitrogen and oxygen atoms in total. The van der Waals surface area contributed by atoms with Crippen molar-refractivity contribution in [1.82, 2.24) is 19.6 Å². The van der Waals surface area contributed by atoms with Crippen LogP contribution in [0.1, 0.15) is 72.1 Å². The van der Waals surface area contributed by atoms with E-state index in [1.54, 1.807) is 4.68 Å². The third-order valence-electron chi connectivity index (χ3n) is 8.04. The van der Waals surface area contributed by atoms with E-state index in [2.05, 4.69) is 57.2 Å². The van der Waals surface area contributed by atoms with Crippen molar-refractivity contribution in [2.45, 2.75) is 90.2 Å². The quantitative estimate of drug-likeness (QED) is 0.247. The van der Waals surface area contributed by atoms with Crippen molar-refractivity contribution < 1.29 is 18.7 Å². The van der Waals surface area contributed by atoms with Crippen molar-refractivity contribution in [2.24, 2.45) is 5.92 Å². The Balaban J connectivity index is 1.56. The number of carbonyl (C=O) groups is 1. The van der Waals surface area contributed by atoms with E-state index in [4.69, 9.17) is 19.0 Å². The minimum atomic E-state index is -2.01. The molecule has 0 amide bonds. The van der Waals surface area contributed by atoms with Crippen LogP contribution in [-0.4, -0.2) is 47.1 Å². The molecular weight excluding hydrogens is 484 g/mol. The van der Waals surface area contributed by atoms with Gasteiger partial charge >= 0.3 is 5.97 Å². The van der Waals surface area contributed by atoms with Crippen LogP contribution in [0.5, 0.6) is 5.75 Å². The summed E-state index contributed by atoms with van der Waals surface area (Å²) in [5, 5.41) is 10.8. The average molecular weight is 525 g/mol. The van der Waals surface area contributed by atoms with Gasteiger partial charge in [0.05, 0.1) is 18.3 Å². The molecule has 3 heterocycles. The molecule has 1 aliphatic carbocycles. The standard InChI is InChI=1S/C28H40N4O4Si/c1-7-34-27(33)26(19-11-12-19)31-18-20(17-29-31)25-22-16-21(36-37(5,6)28(2,3)4)13-14-23(22)32(30-25)24-10-8-9-15-35-24/h13-14,16-19,24,26H,7-12,15H2,1-6H3. The van der Waals surface area contributed by atoms with Crippen LogP contribution in [-0.2, 0) is 14.3 Å². The first kappa shape index (κ1) is 26.0. The molecule has 3 aromatic rings. The van der Waals surface area contributed by atoms with Crippen molar-refractivity contribution in [3.8, 4) is 17.0 Å². The molecule has 2 aromatic heterocycles. The Labute approximate surface area is 220 Å². The van der Waals surface area contributed by atoms with Gasteiger partial charge in [-0.1, -0.05) is 20.8 Å². The summed E-state index contributed by atoms with van der Waals surface area (Å²) in [4.78, 5) is 12.7. The Kier molecular flexibility index (Phi) is 6.95. The lowest BCUT2D eigenvalue weighted by atomic mass is 10.1. The molecule has 2 unspecified atom stereocenters. The molecular formula is C28H40N4O4Si. The molecule has 0 radical (unpaired) electrons. The summed E-state index contributed by atoms with van der Waals surface area (Å²) < 4.78 is 21.9. The second kappa shape index (κ2) is 9.91. The molecule has 200 valence electrons. The van der Waals surface area contributed by atoms with Gasteiger partial charge in [-0.2, -0.15) is 10.2 Å². The maximum absolute atomic E-state index is 12.7. The number of rotatable bonds is 8. The van der Waals surface area contributed by atoms with Crippen LogP contribution in [0.4, 0.5) is 0 Å². The molecule has 1 aliphatic heterocycles. The Morgan fingerprint density at radius 3 is 2.65 bits per heavy atom. The summed E-state index contributed by atoms with van der Waals surface area (Å²) >= 11 is 0. The van der Waals surface area contributed by atoms with Gasteiger partial charge < -0.3 is 13.9 Å². The summed E-state index contributed by atoms with van der Waals surface area (Å²) in [6, 6.07) is 5.88. The van der Waals surface area contributed by atoms with Crippen LogP contribution in [0.3, 0.4) is 0 Å². The van der Waals surface area contributed by atoms with Crippen molar-refractivity contribution >= 4 is 25.2 Å². The maximum atomic E-state index is 12.7. The number of hydrogen-bond donors (Lipinski definition) is 0. The van der Waals surface area contributed by atoms with Crippen molar-refractivity contribution in [3.63, 3.8) is 0 Å². The highest BCUT2D eigenvalue weighted by Gasteiger charge is 2.40. The van der Waals surface area contributed by atoms with E-state index in [-0.39, 0.29) is 29.2 Å². The SMILES string of the molecule is CCOC(=O)C(C1CC1)n1cc(-c2nn(C3CCCCO3)c3ccc(O[Si](C)(C)C(C)(C)C)cc23)cn1. The number of carbonyl (C=O) groups excluding carboxylic acids is 1. The van der Waals surface area contributed by atoms with Crippen molar-refractivity contribution in [2.75, 3.05) is 13.2 Å². The molecule has 0 N–H and O–H groups in total. The van der Waals surface area contributed by atoms with Gasteiger partial charge in [0.15, 0.2) is 12.3 Å². The molecule has 37 heavy (non-hydrogen) atoms. The monoisotopic (exact) mass is 524 g/mol.